The quantitative estimate of drug-likeness (QED) is 0.771. The van der Waals surface area contributed by atoms with Gasteiger partial charge in [-0.3, -0.25) is 9.48 Å². The molecule has 2 heterocycles. The van der Waals surface area contributed by atoms with Crippen molar-refractivity contribution in [3.05, 3.63) is 52.6 Å². The van der Waals surface area contributed by atoms with Gasteiger partial charge in [0.1, 0.15) is 4.88 Å². The maximum Gasteiger partial charge on any atom is 0.262 e. The van der Waals surface area contributed by atoms with E-state index in [1.165, 1.54) is 11.3 Å². The molecule has 6 heteroatoms. The molecule has 0 spiro atoms. The number of rotatable bonds is 5. The predicted octanol–water partition coefficient (Wildman–Crippen LogP) is 3.82. The minimum Gasteiger partial charge on any atom is -0.351 e. The second-order valence-corrected chi connectivity index (χ2v) is 6.71. The number of carbonyl (C=O) groups is 1. The van der Waals surface area contributed by atoms with Crippen LogP contribution in [0.4, 0.5) is 0 Å². The molecule has 0 aliphatic carbocycles. The van der Waals surface area contributed by atoms with Crippen LogP contribution in [0.25, 0.3) is 10.1 Å². The number of nitrogens with zero attached hydrogens (tertiary/aromatic N) is 2. The van der Waals surface area contributed by atoms with Gasteiger partial charge in [-0.25, -0.2) is 0 Å². The first-order valence-corrected chi connectivity index (χ1v) is 8.27. The molecule has 3 aromatic rings. The summed E-state index contributed by atoms with van der Waals surface area (Å²) >= 11 is 7.75. The minimum absolute atomic E-state index is 0.112. The third-order valence-electron chi connectivity index (χ3n) is 3.41. The van der Waals surface area contributed by atoms with Crippen LogP contribution in [0.3, 0.4) is 0 Å². The van der Waals surface area contributed by atoms with Gasteiger partial charge in [-0.1, -0.05) is 36.7 Å². The van der Waals surface area contributed by atoms with Crippen molar-refractivity contribution in [3.8, 4) is 0 Å². The first-order valence-electron chi connectivity index (χ1n) is 7.08. The highest BCUT2D eigenvalue weighted by Crippen LogP contribution is 2.34. The molecular weight excluding hydrogens is 318 g/mol. The molecule has 2 aromatic heterocycles. The van der Waals surface area contributed by atoms with Crippen molar-refractivity contribution in [1.82, 2.24) is 15.1 Å². The molecule has 1 aromatic carbocycles. The van der Waals surface area contributed by atoms with Gasteiger partial charge < -0.3 is 5.32 Å². The first kappa shape index (κ1) is 15.1. The average molecular weight is 334 g/mol. The van der Waals surface area contributed by atoms with E-state index in [1.54, 1.807) is 6.20 Å². The van der Waals surface area contributed by atoms with Crippen molar-refractivity contribution in [2.45, 2.75) is 13.5 Å². The lowest BCUT2D eigenvalue weighted by atomic mass is 10.2. The van der Waals surface area contributed by atoms with Crippen molar-refractivity contribution >= 4 is 38.9 Å². The van der Waals surface area contributed by atoms with E-state index >= 15 is 0 Å². The Morgan fingerprint density at radius 1 is 1.41 bits per heavy atom. The van der Waals surface area contributed by atoms with Gasteiger partial charge in [-0.15, -0.1) is 11.3 Å². The molecule has 0 fully saturated rings. The zero-order valence-electron chi connectivity index (χ0n) is 12.1. The number of hydrogen-bond acceptors (Lipinski definition) is 3. The van der Waals surface area contributed by atoms with E-state index in [0.717, 1.165) is 16.6 Å². The Labute approximate surface area is 137 Å². The Morgan fingerprint density at radius 3 is 2.95 bits per heavy atom. The smallest absolute Gasteiger partial charge is 0.262 e. The van der Waals surface area contributed by atoms with Crippen LogP contribution in [0.15, 0.2) is 42.7 Å². The summed E-state index contributed by atoms with van der Waals surface area (Å²) in [5.74, 6) is 0.176. The molecule has 0 saturated heterocycles. The fourth-order valence-corrected chi connectivity index (χ4v) is 3.73. The highest BCUT2D eigenvalue weighted by Gasteiger charge is 2.17. The van der Waals surface area contributed by atoms with Gasteiger partial charge in [-0.2, -0.15) is 5.10 Å². The zero-order valence-corrected chi connectivity index (χ0v) is 13.7. The highest BCUT2D eigenvalue weighted by molar-refractivity contribution is 7.21. The second kappa shape index (κ2) is 6.50. The normalized spacial score (nSPS) is 12.5. The van der Waals surface area contributed by atoms with Gasteiger partial charge in [0.25, 0.3) is 5.91 Å². The maximum atomic E-state index is 12.3. The third kappa shape index (κ3) is 3.15. The number of amides is 1. The van der Waals surface area contributed by atoms with Crippen LogP contribution in [0.5, 0.6) is 0 Å². The van der Waals surface area contributed by atoms with E-state index in [2.05, 4.69) is 17.3 Å². The second-order valence-electron chi connectivity index (χ2n) is 5.28. The van der Waals surface area contributed by atoms with Crippen LogP contribution in [0, 0.1) is 5.92 Å². The lowest BCUT2D eigenvalue weighted by molar-refractivity contribution is 0.0951. The van der Waals surface area contributed by atoms with Crippen LogP contribution in [-0.2, 0) is 6.54 Å². The molecule has 0 radical (unpaired) electrons. The number of fused-ring (bicyclic) bond motifs is 1. The number of nitrogens with one attached hydrogen (secondary N) is 1. The molecule has 1 N–H and O–H groups in total. The molecule has 1 unspecified atom stereocenters. The number of thiophene rings is 1. The standard InChI is InChI=1S/C16H16ClN3OS/c1-11(10-20-8-4-7-19-20)9-18-16(21)15-14(17)12-5-2-3-6-13(12)22-15/h2-8,11H,9-10H2,1H3,(H,18,21). The molecule has 0 bridgehead atoms. The highest BCUT2D eigenvalue weighted by atomic mass is 35.5. The number of hydrogen-bond donors (Lipinski definition) is 1. The summed E-state index contributed by atoms with van der Waals surface area (Å²) in [7, 11) is 0. The third-order valence-corrected chi connectivity index (χ3v) is 5.08. The van der Waals surface area contributed by atoms with Crippen molar-refractivity contribution in [3.63, 3.8) is 0 Å². The summed E-state index contributed by atoms with van der Waals surface area (Å²) in [5, 5.41) is 8.60. The van der Waals surface area contributed by atoms with E-state index in [-0.39, 0.29) is 11.8 Å². The molecule has 0 aliphatic heterocycles. The number of aromatic nitrogens is 2. The SMILES string of the molecule is CC(CNC(=O)c1sc2ccccc2c1Cl)Cn1cccn1. The summed E-state index contributed by atoms with van der Waals surface area (Å²) in [6, 6.07) is 9.67. The zero-order chi connectivity index (χ0) is 15.5. The molecule has 0 saturated carbocycles. The van der Waals surface area contributed by atoms with Gasteiger partial charge in [-0.05, 0) is 18.1 Å². The van der Waals surface area contributed by atoms with E-state index in [1.807, 2.05) is 41.2 Å². The van der Waals surface area contributed by atoms with Crippen LogP contribution in [0.2, 0.25) is 5.02 Å². The first-order chi connectivity index (χ1) is 10.6. The lowest BCUT2D eigenvalue weighted by Gasteiger charge is -2.12. The number of carbonyl (C=O) groups excluding carboxylic acids is 1. The molecule has 3 rings (SSSR count). The van der Waals surface area contributed by atoms with Crippen molar-refractivity contribution < 1.29 is 4.79 Å². The number of halogens is 1. The Kier molecular flexibility index (Phi) is 4.45. The molecule has 4 nitrogen and oxygen atoms in total. The Bertz CT molecular complexity index is 782. The molecule has 1 atom stereocenters. The van der Waals surface area contributed by atoms with Gasteiger partial charge in [0.05, 0.1) is 5.02 Å². The summed E-state index contributed by atoms with van der Waals surface area (Å²) in [6.07, 6.45) is 3.67. The molecule has 114 valence electrons. The predicted molar refractivity (Wildman–Crippen MR) is 90.6 cm³/mol. The van der Waals surface area contributed by atoms with Crippen molar-refractivity contribution in [2.24, 2.45) is 5.92 Å². The van der Waals surface area contributed by atoms with Gasteiger partial charge in [0.2, 0.25) is 0 Å². The Hall–Kier alpha value is -1.85. The van der Waals surface area contributed by atoms with Gasteiger partial charge in [0, 0.05) is 35.6 Å². The summed E-state index contributed by atoms with van der Waals surface area (Å²) in [5.41, 5.74) is 0. The van der Waals surface area contributed by atoms with E-state index in [9.17, 15) is 4.79 Å². The largest absolute Gasteiger partial charge is 0.351 e. The molecule has 22 heavy (non-hydrogen) atoms. The van der Waals surface area contributed by atoms with Crippen molar-refractivity contribution in [2.75, 3.05) is 6.54 Å². The van der Waals surface area contributed by atoms with Crippen LogP contribution >= 0.6 is 22.9 Å². The molecular formula is C16H16ClN3OS. The van der Waals surface area contributed by atoms with E-state index < -0.39 is 0 Å². The van der Waals surface area contributed by atoms with E-state index in [0.29, 0.717) is 16.4 Å². The monoisotopic (exact) mass is 333 g/mol. The minimum atomic E-state index is -0.112. The summed E-state index contributed by atoms with van der Waals surface area (Å²) < 4.78 is 2.89. The van der Waals surface area contributed by atoms with E-state index in [4.69, 9.17) is 11.6 Å². The summed E-state index contributed by atoms with van der Waals surface area (Å²) in [4.78, 5) is 12.9. The fourth-order valence-electron chi connectivity index (χ4n) is 2.30. The number of benzene rings is 1. The van der Waals surface area contributed by atoms with Crippen LogP contribution in [-0.4, -0.2) is 22.2 Å². The van der Waals surface area contributed by atoms with Crippen LogP contribution < -0.4 is 5.32 Å². The summed E-state index contributed by atoms with van der Waals surface area (Å²) in [6.45, 7) is 3.44. The maximum absolute atomic E-state index is 12.3. The van der Waals surface area contributed by atoms with Crippen LogP contribution in [0.1, 0.15) is 16.6 Å². The topological polar surface area (TPSA) is 46.9 Å². The Balaban J connectivity index is 1.64. The van der Waals surface area contributed by atoms with Crippen molar-refractivity contribution in [1.29, 1.82) is 0 Å². The average Bonchev–Trinajstić information content (AvgIpc) is 3.13. The van der Waals surface area contributed by atoms with Gasteiger partial charge in [0.15, 0.2) is 0 Å². The molecule has 0 aliphatic rings. The lowest BCUT2D eigenvalue weighted by Crippen LogP contribution is -2.29. The fraction of sp³-hybridized carbons (Fsp3) is 0.250. The Morgan fingerprint density at radius 2 is 2.23 bits per heavy atom. The van der Waals surface area contributed by atoms with Gasteiger partial charge >= 0.3 is 0 Å². The molecule has 1 amide bonds.